The lowest BCUT2D eigenvalue weighted by Crippen LogP contribution is -2.39. The molecule has 0 bridgehead atoms. The summed E-state index contributed by atoms with van der Waals surface area (Å²) in [5.74, 6) is 1.08. The number of thiazole rings is 1. The summed E-state index contributed by atoms with van der Waals surface area (Å²) in [4.78, 5) is 44.6. The number of fused-ring (bicyclic) bond motifs is 2. The van der Waals surface area contributed by atoms with Gasteiger partial charge < -0.3 is 23.7 Å². The van der Waals surface area contributed by atoms with Gasteiger partial charge in [0.25, 0.3) is 5.56 Å². The van der Waals surface area contributed by atoms with E-state index in [1.54, 1.807) is 93.8 Å². The molecular formula is C32H26N2O8S. The molecule has 0 fully saturated rings. The van der Waals surface area contributed by atoms with E-state index in [0.717, 1.165) is 5.56 Å². The molecule has 0 N–H and O–H groups in total. The average Bonchev–Trinajstić information content (AvgIpc) is 3.61. The van der Waals surface area contributed by atoms with Crippen LogP contribution in [0.4, 0.5) is 0 Å². The molecule has 2 aliphatic rings. The first-order valence-corrected chi connectivity index (χ1v) is 14.2. The van der Waals surface area contributed by atoms with Crippen molar-refractivity contribution in [1.29, 1.82) is 0 Å². The quantitative estimate of drug-likeness (QED) is 0.234. The SMILES string of the molecule is CCOC(=O)C1=C(C)N=c2sc(=Cc3ccc(OC(=O)c4ccc(OC)cc4)cc3)c(=O)n2C1c1ccc2c(c1)OCO2. The third kappa shape index (κ3) is 5.42. The number of methoxy groups -OCH3 is 1. The minimum Gasteiger partial charge on any atom is -0.497 e. The van der Waals surface area contributed by atoms with Crippen molar-refractivity contribution in [1.82, 2.24) is 4.57 Å². The molecule has 218 valence electrons. The van der Waals surface area contributed by atoms with E-state index in [1.807, 2.05) is 0 Å². The molecule has 3 aromatic carbocycles. The van der Waals surface area contributed by atoms with Gasteiger partial charge in [-0.3, -0.25) is 9.36 Å². The summed E-state index contributed by atoms with van der Waals surface area (Å²) in [6.45, 7) is 3.74. The zero-order chi connectivity index (χ0) is 30.1. The largest absolute Gasteiger partial charge is 0.497 e. The lowest BCUT2D eigenvalue weighted by molar-refractivity contribution is -0.139. The van der Waals surface area contributed by atoms with Gasteiger partial charge in [0.05, 0.1) is 41.1 Å². The number of hydrogen-bond donors (Lipinski definition) is 0. The molecule has 4 aromatic rings. The number of benzene rings is 3. The highest BCUT2D eigenvalue weighted by atomic mass is 32.1. The van der Waals surface area contributed by atoms with Gasteiger partial charge in [-0.25, -0.2) is 14.6 Å². The lowest BCUT2D eigenvalue weighted by atomic mass is 9.95. The Kier molecular flexibility index (Phi) is 7.56. The minimum atomic E-state index is -0.772. The number of carbonyl (C=O) groups is 2. The monoisotopic (exact) mass is 598 g/mol. The summed E-state index contributed by atoms with van der Waals surface area (Å²) >= 11 is 1.22. The smallest absolute Gasteiger partial charge is 0.343 e. The summed E-state index contributed by atoms with van der Waals surface area (Å²) in [6, 6.07) is 18.0. The Morgan fingerprint density at radius 3 is 2.44 bits per heavy atom. The first-order chi connectivity index (χ1) is 20.9. The van der Waals surface area contributed by atoms with Crippen molar-refractivity contribution in [3.8, 4) is 23.0 Å². The third-order valence-corrected chi connectivity index (χ3v) is 7.93. The predicted molar refractivity (Wildman–Crippen MR) is 157 cm³/mol. The van der Waals surface area contributed by atoms with Gasteiger partial charge in [-0.05, 0) is 79.6 Å². The highest BCUT2D eigenvalue weighted by Crippen LogP contribution is 2.38. The van der Waals surface area contributed by atoms with Gasteiger partial charge in [0, 0.05) is 0 Å². The van der Waals surface area contributed by atoms with E-state index in [-0.39, 0.29) is 24.5 Å². The molecule has 0 saturated carbocycles. The number of carbonyl (C=O) groups excluding carboxylic acids is 2. The van der Waals surface area contributed by atoms with Crippen molar-refractivity contribution >= 4 is 29.4 Å². The Bertz CT molecular complexity index is 1940. The van der Waals surface area contributed by atoms with E-state index < -0.39 is 18.0 Å². The van der Waals surface area contributed by atoms with Crippen molar-refractivity contribution in [2.24, 2.45) is 4.99 Å². The maximum atomic E-state index is 13.9. The fourth-order valence-electron chi connectivity index (χ4n) is 4.87. The van der Waals surface area contributed by atoms with Crippen LogP contribution in [0, 0.1) is 0 Å². The molecule has 6 rings (SSSR count). The second kappa shape index (κ2) is 11.6. The fourth-order valence-corrected chi connectivity index (χ4v) is 5.91. The molecule has 0 amide bonds. The summed E-state index contributed by atoms with van der Waals surface area (Å²) < 4.78 is 28.9. The standard InChI is InChI=1S/C32H26N2O8S/c1-4-39-31(37)27-18(2)33-32-34(28(27)21-9-14-24-25(16-21)41-17-40-24)29(35)26(43-32)15-19-5-10-23(11-6-19)42-30(36)20-7-12-22(38-3)13-8-20/h5-16,28H,4,17H2,1-3H3. The first-order valence-electron chi connectivity index (χ1n) is 13.4. The van der Waals surface area contributed by atoms with Gasteiger partial charge in [-0.15, -0.1) is 0 Å². The normalized spacial score (nSPS) is 15.5. The summed E-state index contributed by atoms with van der Waals surface area (Å²) in [5.41, 5.74) is 2.21. The molecule has 11 heteroatoms. The van der Waals surface area contributed by atoms with Crippen molar-refractivity contribution in [2.75, 3.05) is 20.5 Å². The Morgan fingerprint density at radius 2 is 1.72 bits per heavy atom. The molecule has 0 spiro atoms. The number of ether oxygens (including phenoxy) is 5. The lowest BCUT2D eigenvalue weighted by Gasteiger charge is -2.24. The zero-order valence-electron chi connectivity index (χ0n) is 23.5. The fraction of sp³-hybridized carbons (Fsp3) is 0.188. The van der Waals surface area contributed by atoms with Crippen molar-refractivity contribution < 1.29 is 33.3 Å². The summed E-state index contributed by atoms with van der Waals surface area (Å²) in [5, 5.41) is 0. The molecule has 0 radical (unpaired) electrons. The van der Waals surface area contributed by atoms with Crippen LogP contribution < -0.4 is 33.8 Å². The van der Waals surface area contributed by atoms with Gasteiger partial charge in [0.15, 0.2) is 16.3 Å². The second-order valence-electron chi connectivity index (χ2n) is 9.60. The minimum absolute atomic E-state index is 0.0978. The number of nitrogens with zero attached hydrogens (tertiary/aromatic N) is 2. The van der Waals surface area contributed by atoms with E-state index in [0.29, 0.717) is 49.2 Å². The van der Waals surface area contributed by atoms with Crippen molar-refractivity contribution in [3.05, 3.63) is 114 Å². The summed E-state index contributed by atoms with van der Waals surface area (Å²) in [6.07, 6.45) is 1.74. The maximum absolute atomic E-state index is 13.9. The summed E-state index contributed by atoms with van der Waals surface area (Å²) in [7, 11) is 1.55. The molecule has 2 aliphatic heterocycles. The van der Waals surface area contributed by atoms with E-state index >= 15 is 0 Å². The van der Waals surface area contributed by atoms with Crippen LogP contribution in [0.25, 0.3) is 6.08 Å². The van der Waals surface area contributed by atoms with Crippen LogP contribution in [0.15, 0.2) is 87.8 Å². The molecule has 10 nitrogen and oxygen atoms in total. The number of esters is 2. The van der Waals surface area contributed by atoms with Gasteiger partial charge in [0.2, 0.25) is 6.79 Å². The Hall–Kier alpha value is -5.16. The molecule has 3 heterocycles. The van der Waals surface area contributed by atoms with Crippen LogP contribution in [-0.4, -0.2) is 37.0 Å². The number of rotatable bonds is 7. The average molecular weight is 599 g/mol. The zero-order valence-corrected chi connectivity index (χ0v) is 24.3. The van der Waals surface area contributed by atoms with Crippen LogP contribution in [0.5, 0.6) is 23.0 Å². The molecule has 1 aromatic heterocycles. The van der Waals surface area contributed by atoms with Gasteiger partial charge >= 0.3 is 11.9 Å². The maximum Gasteiger partial charge on any atom is 0.343 e. The Balaban J connectivity index is 1.34. The topological polar surface area (TPSA) is 115 Å². The van der Waals surface area contributed by atoms with E-state index in [2.05, 4.69) is 4.99 Å². The van der Waals surface area contributed by atoms with Gasteiger partial charge in [-0.1, -0.05) is 29.5 Å². The van der Waals surface area contributed by atoms with Crippen LogP contribution in [0.3, 0.4) is 0 Å². The third-order valence-electron chi connectivity index (χ3n) is 6.94. The van der Waals surface area contributed by atoms with E-state index in [1.165, 1.54) is 15.9 Å². The number of allylic oxidation sites excluding steroid dienone is 1. The Morgan fingerprint density at radius 1 is 1.00 bits per heavy atom. The van der Waals surface area contributed by atoms with Crippen LogP contribution in [-0.2, 0) is 9.53 Å². The molecular weight excluding hydrogens is 572 g/mol. The highest BCUT2D eigenvalue weighted by Gasteiger charge is 2.34. The highest BCUT2D eigenvalue weighted by molar-refractivity contribution is 7.07. The molecule has 0 saturated heterocycles. The van der Waals surface area contributed by atoms with E-state index in [9.17, 15) is 14.4 Å². The second-order valence-corrected chi connectivity index (χ2v) is 10.6. The van der Waals surface area contributed by atoms with Gasteiger partial charge in [-0.2, -0.15) is 0 Å². The molecule has 0 aliphatic carbocycles. The van der Waals surface area contributed by atoms with Crippen LogP contribution in [0.2, 0.25) is 0 Å². The van der Waals surface area contributed by atoms with Crippen molar-refractivity contribution in [2.45, 2.75) is 19.9 Å². The number of hydrogen-bond acceptors (Lipinski definition) is 10. The van der Waals surface area contributed by atoms with Crippen LogP contribution >= 0.6 is 11.3 Å². The molecule has 1 unspecified atom stereocenters. The van der Waals surface area contributed by atoms with Crippen molar-refractivity contribution in [3.63, 3.8) is 0 Å². The number of aromatic nitrogens is 1. The predicted octanol–water partition coefficient (Wildman–Crippen LogP) is 3.75. The van der Waals surface area contributed by atoms with Crippen LogP contribution in [0.1, 0.15) is 41.4 Å². The van der Waals surface area contributed by atoms with Gasteiger partial charge in [0.1, 0.15) is 11.5 Å². The molecule has 43 heavy (non-hydrogen) atoms. The molecule has 1 atom stereocenters. The Labute approximate surface area is 249 Å². The first kappa shape index (κ1) is 28.0. The van der Waals surface area contributed by atoms with E-state index in [4.69, 9.17) is 23.7 Å².